The van der Waals surface area contributed by atoms with Crippen molar-refractivity contribution in [3.05, 3.63) is 21.7 Å². The zero-order chi connectivity index (χ0) is 30.8. The van der Waals surface area contributed by atoms with E-state index in [0.29, 0.717) is 13.1 Å². The monoisotopic (exact) mass is 624 g/mol. The van der Waals surface area contributed by atoms with Crippen LogP contribution in [0.25, 0.3) is 0 Å². The maximum absolute atomic E-state index is 12.3. The lowest BCUT2D eigenvalue weighted by Crippen LogP contribution is -2.47. The molecule has 3 heterocycles. The smallest absolute Gasteiger partial charge is 0.280 e. The molecule has 0 saturated carbocycles. The number of carbonyl (C=O) groups is 2. The first-order chi connectivity index (χ1) is 19.9. The Bertz CT molecular complexity index is 1240. The zero-order valence-corrected chi connectivity index (χ0v) is 24.2. The topological polar surface area (TPSA) is 297 Å². The molecule has 0 atom stereocenters. The lowest BCUT2D eigenvalue weighted by molar-refractivity contribution is 0.0964. The summed E-state index contributed by atoms with van der Waals surface area (Å²) in [6.45, 7) is 6.13. The van der Waals surface area contributed by atoms with Crippen molar-refractivity contribution in [2.75, 3.05) is 75.3 Å². The molecule has 0 unspecified atom stereocenters. The SMILES string of the molecule is NC(=NCCCN1CCN(CCCN=C(N)NC(=O)c2nc(Cl)c(N)nc2N)CC1)NC(=O)c1nc(Cl)c(N)nc1N. The van der Waals surface area contributed by atoms with E-state index in [-0.39, 0.29) is 56.9 Å². The molecule has 42 heavy (non-hydrogen) atoms. The standard InChI is InChI=1S/C22H34Cl2N16O2/c23-13-17(27)35-15(25)11(33-13)19(41)37-21(29)31-3-1-5-39-7-9-40(10-8-39)6-2-4-32-22(30)38-20(42)12-16(26)36-18(28)14(24)34-12/h1-10H2,(H4,25,27,35)(H4,26,28,36)(H3,29,31,37,41)(H3,30,32,38,42). The predicted molar refractivity (Wildman–Crippen MR) is 162 cm³/mol. The number of hydrogen-bond donors (Lipinski definition) is 8. The fourth-order valence-electron chi connectivity index (χ4n) is 3.87. The Labute approximate surface area is 251 Å². The summed E-state index contributed by atoms with van der Waals surface area (Å²) in [5, 5.41) is 4.56. The number of piperazine rings is 1. The molecule has 0 radical (unpaired) electrons. The predicted octanol–water partition coefficient (Wildman–Crippen LogP) is -1.91. The van der Waals surface area contributed by atoms with Gasteiger partial charge in [-0.25, -0.2) is 19.9 Å². The van der Waals surface area contributed by atoms with Gasteiger partial charge in [-0.05, 0) is 12.8 Å². The van der Waals surface area contributed by atoms with Crippen LogP contribution in [0.4, 0.5) is 23.3 Å². The van der Waals surface area contributed by atoms with Crippen molar-refractivity contribution >= 4 is 70.2 Å². The Morgan fingerprint density at radius 3 is 1.38 bits per heavy atom. The number of guanidine groups is 2. The van der Waals surface area contributed by atoms with Crippen LogP contribution in [-0.2, 0) is 0 Å². The fourth-order valence-corrected chi connectivity index (χ4v) is 4.13. The molecule has 1 aliphatic heterocycles. The summed E-state index contributed by atoms with van der Waals surface area (Å²) in [6.07, 6.45) is 1.51. The van der Waals surface area contributed by atoms with Gasteiger partial charge in [0.15, 0.2) is 56.9 Å². The molecule has 228 valence electrons. The van der Waals surface area contributed by atoms with Gasteiger partial charge in [0.05, 0.1) is 0 Å². The molecule has 0 aliphatic carbocycles. The molecule has 1 aliphatic rings. The van der Waals surface area contributed by atoms with Gasteiger partial charge in [0.1, 0.15) is 0 Å². The lowest BCUT2D eigenvalue weighted by Gasteiger charge is -2.34. The van der Waals surface area contributed by atoms with Gasteiger partial charge in [0.2, 0.25) is 0 Å². The summed E-state index contributed by atoms with van der Waals surface area (Å²) in [4.78, 5) is 52.8. The van der Waals surface area contributed by atoms with Crippen LogP contribution < -0.4 is 45.0 Å². The van der Waals surface area contributed by atoms with Gasteiger partial charge >= 0.3 is 0 Å². The largest absolute Gasteiger partial charge is 0.382 e. The molecule has 1 fully saturated rings. The van der Waals surface area contributed by atoms with E-state index in [2.05, 4.69) is 50.4 Å². The Morgan fingerprint density at radius 2 is 1.02 bits per heavy atom. The number of nitrogens with one attached hydrogen (secondary N) is 2. The highest BCUT2D eigenvalue weighted by Crippen LogP contribution is 2.18. The molecule has 2 amide bonds. The second-order valence-corrected chi connectivity index (χ2v) is 9.82. The molecule has 14 N–H and O–H groups in total. The Hall–Kier alpha value is -4.26. The van der Waals surface area contributed by atoms with Crippen LogP contribution in [-0.4, -0.2) is 106 Å². The average Bonchev–Trinajstić information content (AvgIpc) is 2.93. The number of halogens is 2. The number of amides is 2. The number of carbonyl (C=O) groups excluding carboxylic acids is 2. The zero-order valence-electron chi connectivity index (χ0n) is 22.7. The minimum atomic E-state index is -0.680. The minimum absolute atomic E-state index is 0.0608. The van der Waals surface area contributed by atoms with E-state index in [1.807, 2.05) is 0 Å². The van der Waals surface area contributed by atoms with E-state index in [0.717, 1.165) is 52.1 Å². The molecule has 18 nitrogen and oxygen atoms in total. The molecule has 2 aromatic heterocycles. The third-order valence-corrected chi connectivity index (χ3v) is 6.57. The Balaban J connectivity index is 1.30. The van der Waals surface area contributed by atoms with E-state index in [1.54, 1.807) is 0 Å². The number of aliphatic imine (C=N–C) groups is 2. The molecule has 0 aromatic carbocycles. The molecule has 1 saturated heterocycles. The highest BCUT2D eigenvalue weighted by Gasteiger charge is 2.19. The van der Waals surface area contributed by atoms with Gasteiger partial charge in [-0.15, -0.1) is 0 Å². The highest BCUT2D eigenvalue weighted by molar-refractivity contribution is 6.32. The summed E-state index contributed by atoms with van der Waals surface area (Å²) in [5.74, 6) is -1.95. The first-order valence-electron chi connectivity index (χ1n) is 12.8. The van der Waals surface area contributed by atoms with E-state index < -0.39 is 11.8 Å². The van der Waals surface area contributed by atoms with Crippen LogP contribution in [0.5, 0.6) is 0 Å². The quantitative estimate of drug-likeness (QED) is 0.0812. The Morgan fingerprint density at radius 1 is 0.667 bits per heavy atom. The molecule has 0 bridgehead atoms. The van der Waals surface area contributed by atoms with Crippen molar-refractivity contribution in [3.8, 4) is 0 Å². The first-order valence-corrected chi connectivity index (χ1v) is 13.5. The van der Waals surface area contributed by atoms with Crippen LogP contribution in [0.3, 0.4) is 0 Å². The van der Waals surface area contributed by atoms with Crippen molar-refractivity contribution < 1.29 is 9.59 Å². The highest BCUT2D eigenvalue weighted by atomic mass is 35.5. The van der Waals surface area contributed by atoms with E-state index in [9.17, 15) is 9.59 Å². The second-order valence-electron chi connectivity index (χ2n) is 9.10. The van der Waals surface area contributed by atoms with Crippen molar-refractivity contribution in [1.29, 1.82) is 0 Å². The summed E-state index contributed by atoms with van der Waals surface area (Å²) in [5.41, 5.74) is 33.6. The summed E-state index contributed by atoms with van der Waals surface area (Å²) >= 11 is 11.6. The van der Waals surface area contributed by atoms with Crippen molar-refractivity contribution in [2.24, 2.45) is 21.5 Å². The van der Waals surface area contributed by atoms with Gasteiger partial charge < -0.3 is 44.2 Å². The summed E-state index contributed by atoms with van der Waals surface area (Å²) < 4.78 is 0. The molecular formula is C22H34Cl2N16O2. The number of nitrogens with two attached hydrogens (primary N) is 6. The van der Waals surface area contributed by atoms with Crippen molar-refractivity contribution in [2.45, 2.75) is 12.8 Å². The average molecular weight is 626 g/mol. The van der Waals surface area contributed by atoms with Gasteiger partial charge in [-0.3, -0.25) is 30.2 Å². The van der Waals surface area contributed by atoms with Gasteiger partial charge in [-0.2, -0.15) is 0 Å². The van der Waals surface area contributed by atoms with Crippen LogP contribution in [0.2, 0.25) is 10.3 Å². The van der Waals surface area contributed by atoms with Crippen LogP contribution in [0.1, 0.15) is 33.8 Å². The van der Waals surface area contributed by atoms with E-state index >= 15 is 0 Å². The Kier molecular flexibility index (Phi) is 11.6. The number of hydrogen-bond acceptors (Lipinski definition) is 14. The van der Waals surface area contributed by atoms with Crippen molar-refractivity contribution in [1.82, 2.24) is 40.4 Å². The number of aromatic nitrogens is 4. The first kappa shape index (κ1) is 32.3. The molecule has 20 heteroatoms. The van der Waals surface area contributed by atoms with Crippen LogP contribution >= 0.6 is 23.2 Å². The van der Waals surface area contributed by atoms with Crippen LogP contribution in [0, 0.1) is 0 Å². The molecule has 3 rings (SSSR count). The fraction of sp³-hybridized carbons (Fsp3) is 0.455. The van der Waals surface area contributed by atoms with Gasteiger partial charge in [0.25, 0.3) is 11.8 Å². The summed E-state index contributed by atoms with van der Waals surface area (Å²) in [6, 6.07) is 0. The van der Waals surface area contributed by atoms with Gasteiger partial charge in [0, 0.05) is 52.4 Å². The maximum Gasteiger partial charge on any atom is 0.280 e. The van der Waals surface area contributed by atoms with Crippen LogP contribution in [0.15, 0.2) is 9.98 Å². The molecule has 0 spiro atoms. The molecule has 2 aromatic rings. The number of nitrogens with zero attached hydrogens (tertiary/aromatic N) is 8. The second kappa shape index (κ2) is 15.1. The molecular weight excluding hydrogens is 591 g/mol. The normalized spacial score (nSPS) is 15.0. The number of anilines is 4. The third kappa shape index (κ3) is 9.40. The minimum Gasteiger partial charge on any atom is -0.382 e. The van der Waals surface area contributed by atoms with Gasteiger partial charge in [-0.1, -0.05) is 23.2 Å². The number of rotatable bonds is 10. The third-order valence-electron chi connectivity index (χ3n) is 6.02. The lowest BCUT2D eigenvalue weighted by atomic mass is 10.2. The number of nitrogen functional groups attached to an aromatic ring is 4. The van der Waals surface area contributed by atoms with Crippen molar-refractivity contribution in [3.63, 3.8) is 0 Å². The summed E-state index contributed by atoms with van der Waals surface area (Å²) in [7, 11) is 0. The maximum atomic E-state index is 12.3. The van der Waals surface area contributed by atoms with E-state index in [1.165, 1.54) is 0 Å². The van der Waals surface area contributed by atoms with E-state index in [4.69, 9.17) is 57.6 Å².